The van der Waals surface area contributed by atoms with Gasteiger partial charge in [0.05, 0.1) is 16.9 Å². The van der Waals surface area contributed by atoms with Gasteiger partial charge in [-0.15, -0.1) is 0 Å². The molecule has 1 heterocycles. The third-order valence-electron chi connectivity index (χ3n) is 2.35. The molecule has 0 aromatic carbocycles. The SMILES string of the molecule is CCC(C(N)=S)S(=O)(=O)Nc1cnccc1C. The van der Waals surface area contributed by atoms with Gasteiger partial charge in [0, 0.05) is 6.20 Å². The summed E-state index contributed by atoms with van der Waals surface area (Å²) in [7, 11) is -3.60. The lowest BCUT2D eigenvalue weighted by atomic mass is 10.3. The number of thiocarbonyl (C=S) groups is 1. The largest absolute Gasteiger partial charge is 0.392 e. The maximum atomic E-state index is 12.0. The maximum absolute atomic E-state index is 12.0. The summed E-state index contributed by atoms with van der Waals surface area (Å²) in [5, 5.41) is -0.864. The Morgan fingerprint density at radius 1 is 1.65 bits per heavy atom. The van der Waals surface area contributed by atoms with E-state index < -0.39 is 15.3 Å². The van der Waals surface area contributed by atoms with Crippen LogP contribution in [0.2, 0.25) is 0 Å². The minimum Gasteiger partial charge on any atom is -0.392 e. The first kappa shape index (κ1) is 13.9. The fourth-order valence-corrected chi connectivity index (χ4v) is 3.32. The second-order valence-electron chi connectivity index (χ2n) is 3.64. The first-order valence-corrected chi connectivity index (χ1v) is 7.05. The Morgan fingerprint density at radius 3 is 2.76 bits per heavy atom. The van der Waals surface area contributed by atoms with Crippen LogP contribution in [-0.2, 0) is 10.0 Å². The second kappa shape index (κ2) is 5.42. The predicted octanol–water partition coefficient (Wildman–Crippen LogP) is 1.20. The van der Waals surface area contributed by atoms with Crippen LogP contribution in [0.25, 0.3) is 0 Å². The minimum atomic E-state index is -3.60. The van der Waals surface area contributed by atoms with Gasteiger partial charge < -0.3 is 5.73 Å². The summed E-state index contributed by atoms with van der Waals surface area (Å²) in [6.07, 6.45) is 3.39. The monoisotopic (exact) mass is 273 g/mol. The molecule has 7 heteroatoms. The van der Waals surface area contributed by atoms with Gasteiger partial charge in [-0.25, -0.2) is 8.42 Å². The second-order valence-corrected chi connectivity index (χ2v) is 5.97. The molecular formula is C10H15N3O2S2. The number of hydrogen-bond donors (Lipinski definition) is 2. The smallest absolute Gasteiger partial charge is 0.242 e. The fraction of sp³-hybridized carbons (Fsp3) is 0.400. The van der Waals surface area contributed by atoms with Crippen LogP contribution in [0.3, 0.4) is 0 Å². The molecule has 0 radical (unpaired) electrons. The van der Waals surface area contributed by atoms with Crippen molar-refractivity contribution in [3.8, 4) is 0 Å². The quantitative estimate of drug-likeness (QED) is 0.787. The van der Waals surface area contributed by atoms with E-state index in [-0.39, 0.29) is 4.99 Å². The highest BCUT2D eigenvalue weighted by molar-refractivity contribution is 7.95. The van der Waals surface area contributed by atoms with Gasteiger partial charge in [0.25, 0.3) is 0 Å². The summed E-state index contributed by atoms with van der Waals surface area (Å²) in [5.74, 6) is 0. The van der Waals surface area contributed by atoms with Crippen LogP contribution in [0.15, 0.2) is 18.5 Å². The van der Waals surface area contributed by atoms with E-state index in [2.05, 4.69) is 9.71 Å². The van der Waals surface area contributed by atoms with Crippen molar-refractivity contribution in [1.82, 2.24) is 4.98 Å². The van der Waals surface area contributed by atoms with E-state index in [0.29, 0.717) is 12.1 Å². The number of hydrogen-bond acceptors (Lipinski definition) is 4. The number of aromatic nitrogens is 1. The summed E-state index contributed by atoms with van der Waals surface area (Å²) in [4.78, 5) is 3.84. The highest BCUT2D eigenvalue weighted by Crippen LogP contribution is 2.16. The molecule has 0 saturated heterocycles. The van der Waals surface area contributed by atoms with Gasteiger partial charge in [0.15, 0.2) is 0 Å². The molecule has 1 aromatic rings. The lowest BCUT2D eigenvalue weighted by Crippen LogP contribution is -2.37. The van der Waals surface area contributed by atoms with Crippen LogP contribution in [0.1, 0.15) is 18.9 Å². The molecular weight excluding hydrogens is 258 g/mol. The molecule has 0 amide bonds. The lowest BCUT2D eigenvalue weighted by molar-refractivity contribution is 0.594. The molecule has 17 heavy (non-hydrogen) atoms. The molecule has 0 fully saturated rings. The first-order chi connectivity index (χ1) is 7.88. The number of nitrogens with one attached hydrogen (secondary N) is 1. The van der Waals surface area contributed by atoms with Crippen LogP contribution >= 0.6 is 12.2 Å². The van der Waals surface area contributed by atoms with E-state index in [9.17, 15) is 8.42 Å². The Labute approximate surface area is 106 Å². The van der Waals surface area contributed by atoms with Crippen molar-refractivity contribution in [3.05, 3.63) is 24.0 Å². The summed E-state index contributed by atoms with van der Waals surface area (Å²) >= 11 is 4.76. The zero-order chi connectivity index (χ0) is 13.1. The van der Waals surface area contributed by atoms with E-state index in [0.717, 1.165) is 5.56 Å². The molecule has 5 nitrogen and oxygen atoms in total. The van der Waals surface area contributed by atoms with Crippen molar-refractivity contribution in [2.45, 2.75) is 25.5 Å². The molecule has 0 saturated carbocycles. The highest BCUT2D eigenvalue weighted by atomic mass is 32.2. The van der Waals surface area contributed by atoms with Crippen molar-refractivity contribution < 1.29 is 8.42 Å². The van der Waals surface area contributed by atoms with Crippen LogP contribution in [0.4, 0.5) is 5.69 Å². The first-order valence-electron chi connectivity index (χ1n) is 5.10. The summed E-state index contributed by atoms with van der Waals surface area (Å²) in [6, 6.07) is 1.72. The normalized spacial score (nSPS) is 13.1. The van der Waals surface area contributed by atoms with E-state index in [1.54, 1.807) is 26.1 Å². The topological polar surface area (TPSA) is 85.1 Å². The van der Waals surface area contributed by atoms with Gasteiger partial charge in [0.2, 0.25) is 10.0 Å². The van der Waals surface area contributed by atoms with Crippen LogP contribution in [-0.4, -0.2) is 23.6 Å². The maximum Gasteiger partial charge on any atom is 0.242 e. The van der Waals surface area contributed by atoms with Crippen molar-refractivity contribution in [2.75, 3.05) is 4.72 Å². The predicted molar refractivity (Wildman–Crippen MR) is 72.4 cm³/mol. The zero-order valence-corrected chi connectivity index (χ0v) is 11.3. The van der Waals surface area contributed by atoms with Gasteiger partial charge in [-0.2, -0.15) is 0 Å². The molecule has 0 spiro atoms. The van der Waals surface area contributed by atoms with Crippen LogP contribution in [0, 0.1) is 6.92 Å². The Bertz CT molecular complexity index is 514. The molecule has 1 atom stereocenters. The summed E-state index contributed by atoms with van der Waals surface area (Å²) in [6.45, 7) is 3.51. The summed E-state index contributed by atoms with van der Waals surface area (Å²) in [5.41, 5.74) is 6.66. The third kappa shape index (κ3) is 3.37. The number of rotatable bonds is 5. The number of nitrogens with two attached hydrogens (primary N) is 1. The molecule has 1 aromatic heterocycles. The molecule has 3 N–H and O–H groups in total. The van der Waals surface area contributed by atoms with Gasteiger partial charge in [-0.1, -0.05) is 19.1 Å². The Balaban J connectivity index is 3.02. The van der Waals surface area contributed by atoms with Gasteiger partial charge >= 0.3 is 0 Å². The van der Waals surface area contributed by atoms with Crippen LogP contribution < -0.4 is 10.5 Å². The van der Waals surface area contributed by atoms with Crippen molar-refractivity contribution in [2.24, 2.45) is 5.73 Å². The van der Waals surface area contributed by atoms with Crippen molar-refractivity contribution >= 4 is 32.9 Å². The van der Waals surface area contributed by atoms with Crippen LogP contribution in [0.5, 0.6) is 0 Å². The lowest BCUT2D eigenvalue weighted by Gasteiger charge is -2.16. The molecule has 0 bridgehead atoms. The average Bonchev–Trinajstić information content (AvgIpc) is 2.21. The standard InChI is InChI=1S/C10H15N3O2S2/c1-3-9(10(11)16)17(14,15)13-8-6-12-5-4-7(8)2/h4-6,9,13H,3H2,1-2H3,(H2,11,16). The number of anilines is 1. The molecule has 0 aliphatic rings. The Kier molecular flexibility index (Phi) is 4.41. The molecule has 1 rings (SSSR count). The molecule has 1 unspecified atom stereocenters. The van der Waals surface area contributed by atoms with Gasteiger partial charge in [0.1, 0.15) is 5.25 Å². The van der Waals surface area contributed by atoms with Crippen molar-refractivity contribution in [3.63, 3.8) is 0 Å². The zero-order valence-electron chi connectivity index (χ0n) is 9.67. The van der Waals surface area contributed by atoms with Gasteiger partial charge in [-0.05, 0) is 25.0 Å². The number of pyridine rings is 1. The average molecular weight is 273 g/mol. The molecule has 94 valence electrons. The fourth-order valence-electron chi connectivity index (χ4n) is 1.37. The third-order valence-corrected chi connectivity index (χ3v) is 4.63. The highest BCUT2D eigenvalue weighted by Gasteiger charge is 2.26. The van der Waals surface area contributed by atoms with E-state index in [4.69, 9.17) is 18.0 Å². The van der Waals surface area contributed by atoms with E-state index >= 15 is 0 Å². The minimum absolute atomic E-state index is 0.0263. The number of sulfonamides is 1. The van der Waals surface area contributed by atoms with Crippen molar-refractivity contribution in [1.29, 1.82) is 0 Å². The summed E-state index contributed by atoms with van der Waals surface area (Å²) < 4.78 is 26.5. The van der Waals surface area contributed by atoms with Gasteiger partial charge in [-0.3, -0.25) is 9.71 Å². The Hall–Kier alpha value is -1.21. The molecule has 0 aliphatic carbocycles. The number of aryl methyl sites for hydroxylation is 1. The number of nitrogens with zero attached hydrogens (tertiary/aromatic N) is 1. The van der Waals surface area contributed by atoms with E-state index in [1.807, 2.05) is 0 Å². The van der Waals surface area contributed by atoms with E-state index in [1.165, 1.54) is 6.20 Å². The Morgan fingerprint density at radius 2 is 2.29 bits per heavy atom. The molecule has 0 aliphatic heterocycles.